The van der Waals surface area contributed by atoms with Gasteiger partial charge >= 0.3 is 0 Å². The summed E-state index contributed by atoms with van der Waals surface area (Å²) in [7, 11) is 0. The first-order valence-corrected chi connectivity index (χ1v) is 6.11. The van der Waals surface area contributed by atoms with E-state index in [2.05, 4.69) is 31.0 Å². The van der Waals surface area contributed by atoms with Crippen LogP contribution in [0.5, 0.6) is 0 Å². The average molecular weight is 210 g/mol. The van der Waals surface area contributed by atoms with E-state index in [1.165, 1.54) is 19.3 Å². The fourth-order valence-corrected chi connectivity index (χ4v) is 2.50. The van der Waals surface area contributed by atoms with E-state index in [1.54, 1.807) is 0 Å². The molecule has 15 heavy (non-hydrogen) atoms. The molecule has 1 atom stereocenters. The van der Waals surface area contributed by atoms with E-state index in [0.717, 1.165) is 6.54 Å². The molecule has 0 aromatic rings. The molecule has 2 fully saturated rings. The van der Waals surface area contributed by atoms with Gasteiger partial charge in [-0.15, -0.1) is 0 Å². The molecule has 0 radical (unpaired) electrons. The van der Waals surface area contributed by atoms with E-state index in [-0.39, 0.29) is 12.1 Å². The Labute approximate surface area is 92.2 Å². The molecule has 86 valence electrons. The highest BCUT2D eigenvalue weighted by Crippen LogP contribution is 2.49. The zero-order valence-corrected chi connectivity index (χ0v) is 10.0. The fraction of sp³-hybridized carbons (Fsp3) is 0.917. The topological polar surface area (TPSA) is 32.3 Å². The summed E-state index contributed by atoms with van der Waals surface area (Å²) in [5.41, 5.74) is 0.467. The molecule has 1 aliphatic heterocycles. The highest BCUT2D eigenvalue weighted by atomic mass is 16.2. The van der Waals surface area contributed by atoms with Crippen molar-refractivity contribution >= 4 is 5.91 Å². The van der Waals surface area contributed by atoms with Crippen LogP contribution in [0, 0.1) is 11.3 Å². The summed E-state index contributed by atoms with van der Waals surface area (Å²) in [6.07, 6.45) is 4.08. The maximum absolute atomic E-state index is 11.8. The summed E-state index contributed by atoms with van der Waals surface area (Å²) in [6.45, 7) is 8.09. The number of hydrogen-bond acceptors (Lipinski definition) is 2. The first-order chi connectivity index (χ1) is 7.08. The Kier molecular flexibility index (Phi) is 2.75. The van der Waals surface area contributed by atoms with Crippen molar-refractivity contribution in [2.24, 2.45) is 11.3 Å². The van der Waals surface area contributed by atoms with Crippen LogP contribution in [0.15, 0.2) is 0 Å². The minimum absolute atomic E-state index is 0.265. The van der Waals surface area contributed by atoms with E-state index < -0.39 is 0 Å². The summed E-state index contributed by atoms with van der Waals surface area (Å²) >= 11 is 0. The van der Waals surface area contributed by atoms with E-state index in [1.807, 2.05) is 0 Å². The van der Waals surface area contributed by atoms with Gasteiger partial charge in [0.15, 0.2) is 0 Å². The van der Waals surface area contributed by atoms with Crippen LogP contribution in [-0.2, 0) is 4.79 Å². The van der Waals surface area contributed by atoms with Gasteiger partial charge in [-0.05, 0) is 30.6 Å². The third-order valence-electron chi connectivity index (χ3n) is 3.96. The van der Waals surface area contributed by atoms with Crippen LogP contribution < -0.4 is 5.32 Å². The lowest BCUT2D eigenvalue weighted by atomic mass is 10.0. The zero-order chi connectivity index (χ0) is 11.1. The number of carbonyl (C=O) groups is 1. The fourth-order valence-electron chi connectivity index (χ4n) is 2.50. The van der Waals surface area contributed by atoms with Crippen molar-refractivity contribution in [2.75, 3.05) is 13.1 Å². The van der Waals surface area contributed by atoms with Crippen LogP contribution in [0.4, 0.5) is 0 Å². The summed E-state index contributed by atoms with van der Waals surface area (Å²) < 4.78 is 0. The van der Waals surface area contributed by atoms with Gasteiger partial charge in [-0.1, -0.05) is 20.8 Å². The van der Waals surface area contributed by atoms with Gasteiger partial charge in [0, 0.05) is 6.54 Å². The Bertz CT molecular complexity index is 258. The van der Waals surface area contributed by atoms with Crippen LogP contribution in [-0.4, -0.2) is 30.1 Å². The molecule has 0 aromatic heterocycles. The van der Waals surface area contributed by atoms with Crippen molar-refractivity contribution < 1.29 is 4.79 Å². The molecule has 2 aliphatic rings. The molecule has 1 aliphatic carbocycles. The highest BCUT2D eigenvalue weighted by molar-refractivity contribution is 5.80. The van der Waals surface area contributed by atoms with Crippen molar-refractivity contribution in [1.82, 2.24) is 10.2 Å². The standard InChI is InChI=1S/C12H22N2O/c1-4-12(5-6-12)8-14-10(15)7-13-11(14)9(2)3/h9,11,13H,4-8H2,1-3H3. The monoisotopic (exact) mass is 210 g/mol. The molecule has 0 aromatic carbocycles. The Morgan fingerprint density at radius 2 is 2.20 bits per heavy atom. The predicted molar refractivity (Wildman–Crippen MR) is 60.3 cm³/mol. The molecule has 0 spiro atoms. The Balaban J connectivity index is 2.02. The molecule has 3 nitrogen and oxygen atoms in total. The van der Waals surface area contributed by atoms with Crippen LogP contribution in [0.1, 0.15) is 40.0 Å². The average Bonchev–Trinajstić information content (AvgIpc) is 2.87. The zero-order valence-electron chi connectivity index (χ0n) is 10.0. The summed E-state index contributed by atoms with van der Waals surface area (Å²) in [5.74, 6) is 0.789. The van der Waals surface area contributed by atoms with E-state index >= 15 is 0 Å². The number of rotatable bonds is 4. The van der Waals surface area contributed by atoms with Gasteiger partial charge in [0.05, 0.1) is 12.7 Å². The van der Waals surface area contributed by atoms with E-state index in [0.29, 0.717) is 17.9 Å². The number of nitrogens with one attached hydrogen (secondary N) is 1. The molecule has 2 rings (SSSR count). The van der Waals surface area contributed by atoms with Gasteiger partial charge in [0.1, 0.15) is 0 Å². The maximum Gasteiger partial charge on any atom is 0.237 e. The van der Waals surface area contributed by atoms with Crippen LogP contribution in [0.3, 0.4) is 0 Å². The molecule has 1 saturated carbocycles. The van der Waals surface area contributed by atoms with Crippen molar-refractivity contribution in [3.05, 3.63) is 0 Å². The predicted octanol–water partition coefficient (Wildman–Crippen LogP) is 1.59. The van der Waals surface area contributed by atoms with Crippen molar-refractivity contribution in [3.63, 3.8) is 0 Å². The number of nitrogens with zero attached hydrogens (tertiary/aromatic N) is 1. The second kappa shape index (κ2) is 3.78. The van der Waals surface area contributed by atoms with E-state index in [4.69, 9.17) is 0 Å². The third-order valence-corrected chi connectivity index (χ3v) is 3.96. The lowest BCUT2D eigenvalue weighted by Crippen LogP contribution is -2.44. The Morgan fingerprint density at radius 3 is 2.67 bits per heavy atom. The lowest BCUT2D eigenvalue weighted by molar-refractivity contribution is -0.129. The third kappa shape index (κ3) is 2.03. The van der Waals surface area contributed by atoms with Gasteiger partial charge in [-0.3, -0.25) is 10.1 Å². The number of hydrogen-bond donors (Lipinski definition) is 1. The molecule has 1 heterocycles. The molecule has 1 N–H and O–H groups in total. The quantitative estimate of drug-likeness (QED) is 0.764. The van der Waals surface area contributed by atoms with Crippen molar-refractivity contribution in [3.8, 4) is 0 Å². The van der Waals surface area contributed by atoms with Crippen LogP contribution in [0.25, 0.3) is 0 Å². The Hall–Kier alpha value is -0.570. The minimum atomic E-state index is 0.265. The molecule has 1 unspecified atom stereocenters. The molecule has 0 bridgehead atoms. The van der Waals surface area contributed by atoms with Crippen LogP contribution in [0.2, 0.25) is 0 Å². The molecular weight excluding hydrogens is 188 g/mol. The first-order valence-electron chi connectivity index (χ1n) is 6.11. The number of carbonyl (C=O) groups excluding carboxylic acids is 1. The van der Waals surface area contributed by atoms with Crippen molar-refractivity contribution in [1.29, 1.82) is 0 Å². The van der Waals surface area contributed by atoms with E-state index in [9.17, 15) is 4.79 Å². The maximum atomic E-state index is 11.8. The molecule has 3 heteroatoms. The van der Waals surface area contributed by atoms with Gasteiger partial charge < -0.3 is 4.90 Å². The van der Waals surface area contributed by atoms with Gasteiger partial charge in [-0.25, -0.2) is 0 Å². The second-order valence-corrected chi connectivity index (χ2v) is 5.44. The van der Waals surface area contributed by atoms with Gasteiger partial charge in [-0.2, -0.15) is 0 Å². The molecule has 1 saturated heterocycles. The smallest absolute Gasteiger partial charge is 0.237 e. The van der Waals surface area contributed by atoms with Gasteiger partial charge in [0.25, 0.3) is 0 Å². The second-order valence-electron chi connectivity index (χ2n) is 5.44. The van der Waals surface area contributed by atoms with Gasteiger partial charge in [0.2, 0.25) is 5.91 Å². The van der Waals surface area contributed by atoms with Crippen molar-refractivity contribution in [2.45, 2.75) is 46.2 Å². The lowest BCUT2D eigenvalue weighted by Gasteiger charge is -2.30. The highest BCUT2D eigenvalue weighted by Gasteiger charge is 2.45. The summed E-state index contributed by atoms with van der Waals surface area (Å²) in [5, 5.41) is 3.31. The minimum Gasteiger partial charge on any atom is -0.325 e. The first kappa shape index (κ1) is 10.9. The Morgan fingerprint density at radius 1 is 1.53 bits per heavy atom. The number of amides is 1. The largest absolute Gasteiger partial charge is 0.325 e. The normalized spacial score (nSPS) is 28.9. The molecule has 1 amide bonds. The summed E-state index contributed by atoms with van der Waals surface area (Å²) in [4.78, 5) is 13.8. The molecular formula is C12H22N2O. The SMILES string of the molecule is CCC1(CN2C(=O)CNC2C(C)C)CC1. The van der Waals surface area contributed by atoms with Crippen LogP contribution >= 0.6 is 0 Å². The summed E-state index contributed by atoms with van der Waals surface area (Å²) in [6, 6.07) is 0.